The number of rotatable bonds is 5. The fraction of sp³-hybridized carbons (Fsp3) is 0.438. The second kappa shape index (κ2) is 6.31. The summed E-state index contributed by atoms with van der Waals surface area (Å²) in [6.07, 6.45) is 1.05. The van der Waals surface area contributed by atoms with Crippen LogP contribution in [-0.4, -0.2) is 11.0 Å². The molecule has 2 nitrogen and oxygen atoms in total. The standard InChI is InChI=1S/C16H22N2S/c1-5-13-8-6-7-9-14(13)15(17-11(2)3)16-18-12(4)10-19-16/h6-11,15,17H,5H2,1-4H3. The molecule has 1 heterocycles. The highest BCUT2D eigenvalue weighted by Gasteiger charge is 2.20. The van der Waals surface area contributed by atoms with Gasteiger partial charge in [-0.3, -0.25) is 0 Å². The van der Waals surface area contributed by atoms with Gasteiger partial charge in [-0.05, 0) is 38.3 Å². The summed E-state index contributed by atoms with van der Waals surface area (Å²) < 4.78 is 0. The number of hydrogen-bond donors (Lipinski definition) is 1. The molecule has 1 N–H and O–H groups in total. The van der Waals surface area contributed by atoms with Crippen molar-refractivity contribution < 1.29 is 0 Å². The number of benzene rings is 1. The Hall–Kier alpha value is -1.19. The third kappa shape index (κ3) is 3.43. The Kier molecular flexibility index (Phi) is 4.72. The normalized spacial score (nSPS) is 12.9. The van der Waals surface area contributed by atoms with E-state index in [1.165, 1.54) is 11.1 Å². The summed E-state index contributed by atoms with van der Waals surface area (Å²) in [7, 11) is 0. The molecule has 0 aliphatic heterocycles. The van der Waals surface area contributed by atoms with Crippen molar-refractivity contribution in [3.8, 4) is 0 Å². The Morgan fingerprint density at radius 2 is 2.00 bits per heavy atom. The Bertz CT molecular complexity index is 531. The van der Waals surface area contributed by atoms with Crippen LogP contribution in [0.4, 0.5) is 0 Å². The van der Waals surface area contributed by atoms with Crippen LogP contribution in [0, 0.1) is 6.92 Å². The van der Waals surface area contributed by atoms with Crippen LogP contribution in [-0.2, 0) is 6.42 Å². The molecule has 0 amide bonds. The minimum absolute atomic E-state index is 0.204. The van der Waals surface area contributed by atoms with Crippen molar-refractivity contribution in [2.24, 2.45) is 0 Å². The van der Waals surface area contributed by atoms with Crippen LogP contribution >= 0.6 is 11.3 Å². The second-order valence-corrected chi connectivity index (χ2v) is 6.02. The zero-order valence-corrected chi connectivity index (χ0v) is 12.9. The number of hydrogen-bond acceptors (Lipinski definition) is 3. The SMILES string of the molecule is CCc1ccccc1C(NC(C)C)c1nc(C)cs1. The van der Waals surface area contributed by atoms with E-state index in [1.807, 2.05) is 0 Å². The molecular formula is C16H22N2S. The molecule has 2 aromatic rings. The van der Waals surface area contributed by atoms with Gasteiger partial charge >= 0.3 is 0 Å². The average Bonchev–Trinajstić information content (AvgIpc) is 2.82. The Labute approximate surface area is 119 Å². The van der Waals surface area contributed by atoms with Crippen molar-refractivity contribution in [1.82, 2.24) is 10.3 Å². The number of nitrogens with zero attached hydrogens (tertiary/aromatic N) is 1. The topological polar surface area (TPSA) is 24.9 Å². The van der Waals surface area contributed by atoms with Gasteiger partial charge in [0, 0.05) is 17.1 Å². The lowest BCUT2D eigenvalue weighted by molar-refractivity contribution is 0.524. The third-order valence-electron chi connectivity index (χ3n) is 3.13. The maximum Gasteiger partial charge on any atom is 0.114 e. The highest BCUT2D eigenvalue weighted by Crippen LogP contribution is 2.28. The van der Waals surface area contributed by atoms with Gasteiger partial charge in [-0.2, -0.15) is 0 Å². The molecule has 0 aliphatic rings. The van der Waals surface area contributed by atoms with Gasteiger partial charge in [0.05, 0.1) is 6.04 Å². The molecule has 2 rings (SSSR count). The van der Waals surface area contributed by atoms with E-state index in [4.69, 9.17) is 0 Å². The predicted molar refractivity (Wildman–Crippen MR) is 82.8 cm³/mol. The molecule has 0 spiro atoms. The molecule has 0 saturated carbocycles. The summed E-state index contributed by atoms with van der Waals surface area (Å²) in [6.45, 7) is 8.63. The smallest absolute Gasteiger partial charge is 0.114 e. The first kappa shape index (κ1) is 14.2. The lowest BCUT2D eigenvalue weighted by Gasteiger charge is -2.22. The maximum absolute atomic E-state index is 4.67. The highest BCUT2D eigenvalue weighted by molar-refractivity contribution is 7.09. The maximum atomic E-state index is 4.67. The molecule has 1 aromatic heterocycles. The fourth-order valence-electron chi connectivity index (χ4n) is 2.27. The van der Waals surface area contributed by atoms with Crippen LogP contribution in [0.1, 0.15) is 48.6 Å². The largest absolute Gasteiger partial charge is 0.302 e. The third-order valence-corrected chi connectivity index (χ3v) is 4.16. The van der Waals surface area contributed by atoms with Crippen molar-refractivity contribution >= 4 is 11.3 Å². The second-order valence-electron chi connectivity index (χ2n) is 5.13. The van der Waals surface area contributed by atoms with E-state index in [2.05, 4.69) is 67.6 Å². The molecule has 0 aliphatic carbocycles. The Morgan fingerprint density at radius 1 is 1.26 bits per heavy atom. The Balaban J connectivity index is 2.42. The summed E-state index contributed by atoms with van der Waals surface area (Å²) in [5.41, 5.74) is 3.85. The van der Waals surface area contributed by atoms with E-state index >= 15 is 0 Å². The van der Waals surface area contributed by atoms with Crippen LogP contribution in [0.25, 0.3) is 0 Å². The van der Waals surface area contributed by atoms with Gasteiger partial charge in [-0.15, -0.1) is 11.3 Å². The van der Waals surface area contributed by atoms with Gasteiger partial charge in [0.25, 0.3) is 0 Å². The monoisotopic (exact) mass is 274 g/mol. The quantitative estimate of drug-likeness (QED) is 0.888. The first-order valence-electron chi connectivity index (χ1n) is 6.87. The van der Waals surface area contributed by atoms with Crippen LogP contribution in [0.5, 0.6) is 0 Å². The average molecular weight is 274 g/mol. The van der Waals surface area contributed by atoms with Gasteiger partial charge in [0.2, 0.25) is 0 Å². The zero-order chi connectivity index (χ0) is 13.8. The number of aryl methyl sites for hydroxylation is 2. The molecule has 0 bridgehead atoms. The van der Waals surface area contributed by atoms with Crippen LogP contribution in [0.15, 0.2) is 29.6 Å². The van der Waals surface area contributed by atoms with E-state index < -0.39 is 0 Å². The minimum Gasteiger partial charge on any atom is -0.302 e. The first-order valence-corrected chi connectivity index (χ1v) is 7.75. The zero-order valence-electron chi connectivity index (χ0n) is 12.1. The molecule has 1 atom stereocenters. The van der Waals surface area contributed by atoms with E-state index in [1.54, 1.807) is 11.3 Å². The molecule has 0 fully saturated rings. The molecular weight excluding hydrogens is 252 g/mol. The molecule has 102 valence electrons. The predicted octanol–water partition coefficient (Wildman–Crippen LogP) is 4.10. The summed E-state index contributed by atoms with van der Waals surface area (Å²) in [5.74, 6) is 0. The number of aromatic nitrogens is 1. The lowest BCUT2D eigenvalue weighted by atomic mass is 9.98. The summed E-state index contributed by atoms with van der Waals surface area (Å²) >= 11 is 1.74. The number of thiazole rings is 1. The first-order chi connectivity index (χ1) is 9.11. The highest BCUT2D eigenvalue weighted by atomic mass is 32.1. The van der Waals surface area contributed by atoms with Gasteiger partial charge in [-0.1, -0.05) is 31.2 Å². The van der Waals surface area contributed by atoms with Gasteiger partial charge in [0.15, 0.2) is 0 Å². The molecule has 19 heavy (non-hydrogen) atoms. The van der Waals surface area contributed by atoms with Crippen molar-refractivity contribution in [2.45, 2.75) is 46.2 Å². The molecule has 0 radical (unpaired) electrons. The van der Waals surface area contributed by atoms with Crippen molar-refractivity contribution in [1.29, 1.82) is 0 Å². The van der Waals surface area contributed by atoms with Crippen LogP contribution in [0.2, 0.25) is 0 Å². The van der Waals surface area contributed by atoms with Gasteiger partial charge in [0.1, 0.15) is 5.01 Å². The van der Waals surface area contributed by atoms with Crippen LogP contribution < -0.4 is 5.32 Å². The van der Waals surface area contributed by atoms with E-state index in [0.717, 1.165) is 17.1 Å². The molecule has 0 saturated heterocycles. The minimum atomic E-state index is 0.204. The fourth-order valence-corrected chi connectivity index (χ4v) is 3.14. The van der Waals surface area contributed by atoms with Crippen molar-refractivity contribution in [3.05, 3.63) is 51.5 Å². The molecule has 1 aromatic carbocycles. The van der Waals surface area contributed by atoms with E-state index in [0.29, 0.717) is 6.04 Å². The van der Waals surface area contributed by atoms with Gasteiger partial charge < -0.3 is 5.32 Å². The summed E-state index contributed by atoms with van der Waals surface area (Å²) in [4.78, 5) is 4.67. The lowest BCUT2D eigenvalue weighted by Crippen LogP contribution is -2.29. The summed E-state index contributed by atoms with van der Waals surface area (Å²) in [5, 5.41) is 6.93. The molecule has 3 heteroatoms. The van der Waals surface area contributed by atoms with E-state index in [9.17, 15) is 0 Å². The van der Waals surface area contributed by atoms with Crippen molar-refractivity contribution in [2.75, 3.05) is 0 Å². The van der Waals surface area contributed by atoms with Gasteiger partial charge in [-0.25, -0.2) is 4.98 Å². The number of nitrogens with one attached hydrogen (secondary N) is 1. The Morgan fingerprint density at radius 3 is 2.58 bits per heavy atom. The van der Waals surface area contributed by atoms with Crippen molar-refractivity contribution in [3.63, 3.8) is 0 Å². The van der Waals surface area contributed by atoms with Crippen LogP contribution in [0.3, 0.4) is 0 Å². The van der Waals surface area contributed by atoms with E-state index in [-0.39, 0.29) is 6.04 Å². The summed E-state index contributed by atoms with van der Waals surface area (Å²) in [6, 6.07) is 9.29. The molecule has 1 unspecified atom stereocenters.